The van der Waals surface area contributed by atoms with Crippen molar-refractivity contribution in [3.8, 4) is 0 Å². The van der Waals surface area contributed by atoms with Gasteiger partial charge in [-0.3, -0.25) is 14.5 Å². The van der Waals surface area contributed by atoms with Crippen molar-refractivity contribution in [3.63, 3.8) is 0 Å². The van der Waals surface area contributed by atoms with Gasteiger partial charge in [-0.05, 0) is 6.92 Å². The Balaban J connectivity index is 2.51. The minimum Gasteiger partial charge on any atom is -0.481 e. The normalized spacial score (nSPS) is 25.4. The van der Waals surface area contributed by atoms with Gasteiger partial charge in [-0.2, -0.15) is 0 Å². The van der Waals surface area contributed by atoms with E-state index in [4.69, 9.17) is 5.11 Å². The lowest BCUT2D eigenvalue weighted by Crippen LogP contribution is -2.54. The van der Waals surface area contributed by atoms with Crippen molar-refractivity contribution in [2.24, 2.45) is 5.92 Å². The number of likely N-dealkylation sites (N-methyl/N-ethyl adjacent to an activating group) is 1. The highest BCUT2D eigenvalue weighted by Crippen LogP contribution is 2.10. The maximum absolute atomic E-state index is 11.5. The zero-order valence-electron chi connectivity index (χ0n) is 9.43. The summed E-state index contributed by atoms with van der Waals surface area (Å²) in [7, 11) is 1.78. The Morgan fingerprint density at radius 2 is 2.27 bits per heavy atom. The van der Waals surface area contributed by atoms with E-state index in [1.54, 1.807) is 18.9 Å². The van der Waals surface area contributed by atoms with Crippen LogP contribution in [0.25, 0.3) is 0 Å². The molecule has 1 rings (SSSR count). The van der Waals surface area contributed by atoms with Gasteiger partial charge in [-0.25, -0.2) is 0 Å². The summed E-state index contributed by atoms with van der Waals surface area (Å²) in [5.74, 6) is -1.17. The standard InChI is InChI=1S/C10H18N2O3/c1-7(10(14)15)4-12-5-8(2)11(3)9(13)6-12/h7-8H,4-6H2,1-3H3,(H,14,15). The number of piperazine rings is 1. The van der Waals surface area contributed by atoms with Gasteiger partial charge in [-0.15, -0.1) is 0 Å². The van der Waals surface area contributed by atoms with Crippen LogP contribution in [0.2, 0.25) is 0 Å². The van der Waals surface area contributed by atoms with E-state index in [2.05, 4.69) is 0 Å². The summed E-state index contributed by atoms with van der Waals surface area (Å²) in [6.07, 6.45) is 0. The monoisotopic (exact) mass is 214 g/mol. The Morgan fingerprint density at radius 1 is 1.67 bits per heavy atom. The van der Waals surface area contributed by atoms with Crippen molar-refractivity contribution in [1.82, 2.24) is 9.80 Å². The molecule has 15 heavy (non-hydrogen) atoms. The van der Waals surface area contributed by atoms with Crippen LogP contribution in [0.15, 0.2) is 0 Å². The van der Waals surface area contributed by atoms with E-state index in [1.807, 2.05) is 11.8 Å². The lowest BCUT2D eigenvalue weighted by Gasteiger charge is -2.37. The molecule has 1 saturated heterocycles. The summed E-state index contributed by atoms with van der Waals surface area (Å²) in [5.41, 5.74) is 0. The second kappa shape index (κ2) is 4.61. The van der Waals surface area contributed by atoms with Gasteiger partial charge in [0.25, 0.3) is 0 Å². The number of carbonyl (C=O) groups excluding carboxylic acids is 1. The molecular weight excluding hydrogens is 196 g/mol. The number of hydrogen-bond donors (Lipinski definition) is 1. The van der Waals surface area contributed by atoms with E-state index in [0.29, 0.717) is 13.1 Å². The molecule has 1 heterocycles. The molecule has 0 spiro atoms. The van der Waals surface area contributed by atoms with Gasteiger partial charge in [0.05, 0.1) is 12.5 Å². The molecule has 2 unspecified atom stereocenters. The molecule has 0 aromatic rings. The van der Waals surface area contributed by atoms with Crippen molar-refractivity contribution in [1.29, 1.82) is 0 Å². The van der Waals surface area contributed by atoms with Crippen LogP contribution in [-0.2, 0) is 9.59 Å². The number of rotatable bonds is 3. The molecular formula is C10H18N2O3. The van der Waals surface area contributed by atoms with Crippen LogP contribution in [0.4, 0.5) is 0 Å². The molecule has 86 valence electrons. The van der Waals surface area contributed by atoms with Crippen molar-refractivity contribution < 1.29 is 14.7 Å². The first kappa shape index (κ1) is 12.0. The van der Waals surface area contributed by atoms with Gasteiger partial charge < -0.3 is 10.0 Å². The third-order valence-corrected chi connectivity index (χ3v) is 2.89. The summed E-state index contributed by atoms with van der Waals surface area (Å²) in [4.78, 5) is 25.8. The van der Waals surface area contributed by atoms with Crippen LogP contribution >= 0.6 is 0 Å². The fourth-order valence-electron chi connectivity index (χ4n) is 1.71. The topological polar surface area (TPSA) is 60.9 Å². The zero-order valence-corrected chi connectivity index (χ0v) is 9.43. The maximum atomic E-state index is 11.5. The summed E-state index contributed by atoms with van der Waals surface area (Å²) in [6.45, 7) is 5.16. The Morgan fingerprint density at radius 3 is 2.73 bits per heavy atom. The van der Waals surface area contributed by atoms with Crippen LogP contribution in [0.1, 0.15) is 13.8 Å². The predicted molar refractivity (Wildman–Crippen MR) is 55.5 cm³/mol. The third-order valence-electron chi connectivity index (χ3n) is 2.89. The average molecular weight is 214 g/mol. The SMILES string of the molecule is CC(CN1CC(=O)N(C)C(C)C1)C(=O)O. The highest BCUT2D eigenvalue weighted by Gasteiger charge is 2.28. The highest BCUT2D eigenvalue weighted by atomic mass is 16.4. The van der Waals surface area contributed by atoms with E-state index in [0.717, 1.165) is 6.54 Å². The summed E-state index contributed by atoms with van der Waals surface area (Å²) in [6, 6.07) is 0.159. The summed E-state index contributed by atoms with van der Waals surface area (Å²) < 4.78 is 0. The molecule has 5 nitrogen and oxygen atoms in total. The number of nitrogens with zero attached hydrogens (tertiary/aromatic N) is 2. The molecule has 1 aliphatic rings. The molecule has 5 heteroatoms. The maximum Gasteiger partial charge on any atom is 0.307 e. The summed E-state index contributed by atoms with van der Waals surface area (Å²) >= 11 is 0. The first-order valence-electron chi connectivity index (χ1n) is 5.12. The molecule has 0 aromatic heterocycles. The van der Waals surface area contributed by atoms with Gasteiger partial charge in [0.2, 0.25) is 5.91 Å². The molecule has 0 radical (unpaired) electrons. The number of carboxylic acid groups (broad SMARTS) is 1. The quantitative estimate of drug-likeness (QED) is 0.711. The Bertz CT molecular complexity index is 267. The van der Waals surface area contributed by atoms with Gasteiger partial charge in [0, 0.05) is 26.2 Å². The largest absolute Gasteiger partial charge is 0.481 e. The van der Waals surface area contributed by atoms with Crippen LogP contribution in [-0.4, -0.2) is 59.5 Å². The predicted octanol–water partition coefficient (Wildman–Crippen LogP) is -0.130. The minimum absolute atomic E-state index is 0.0614. The van der Waals surface area contributed by atoms with Gasteiger partial charge >= 0.3 is 5.97 Å². The van der Waals surface area contributed by atoms with E-state index in [-0.39, 0.29) is 11.9 Å². The van der Waals surface area contributed by atoms with Crippen molar-refractivity contribution >= 4 is 11.9 Å². The zero-order chi connectivity index (χ0) is 11.6. The fourth-order valence-corrected chi connectivity index (χ4v) is 1.71. The number of aliphatic carboxylic acids is 1. The fraction of sp³-hybridized carbons (Fsp3) is 0.800. The van der Waals surface area contributed by atoms with E-state index in [1.165, 1.54) is 0 Å². The van der Waals surface area contributed by atoms with Crippen LogP contribution in [0.5, 0.6) is 0 Å². The molecule has 1 aliphatic heterocycles. The molecule has 0 aliphatic carbocycles. The van der Waals surface area contributed by atoms with E-state index >= 15 is 0 Å². The smallest absolute Gasteiger partial charge is 0.307 e. The molecule has 1 N–H and O–H groups in total. The van der Waals surface area contributed by atoms with Crippen LogP contribution in [0, 0.1) is 5.92 Å². The molecule has 0 bridgehead atoms. The van der Waals surface area contributed by atoms with Gasteiger partial charge in [-0.1, -0.05) is 6.92 Å². The Hall–Kier alpha value is -1.10. The second-order valence-electron chi connectivity index (χ2n) is 4.29. The number of carbonyl (C=O) groups is 2. The molecule has 1 fully saturated rings. The first-order chi connectivity index (χ1) is 6.91. The molecule has 0 saturated carbocycles. The van der Waals surface area contributed by atoms with Crippen molar-refractivity contribution in [3.05, 3.63) is 0 Å². The second-order valence-corrected chi connectivity index (χ2v) is 4.29. The van der Waals surface area contributed by atoms with E-state index < -0.39 is 11.9 Å². The first-order valence-corrected chi connectivity index (χ1v) is 5.12. The number of amides is 1. The Labute approximate surface area is 89.7 Å². The van der Waals surface area contributed by atoms with Gasteiger partial charge in [0.1, 0.15) is 0 Å². The molecule has 2 atom stereocenters. The van der Waals surface area contributed by atoms with Gasteiger partial charge in [0.15, 0.2) is 0 Å². The number of carboxylic acids is 1. The summed E-state index contributed by atoms with van der Waals surface area (Å²) in [5, 5.41) is 8.77. The minimum atomic E-state index is -0.811. The lowest BCUT2D eigenvalue weighted by atomic mass is 10.1. The average Bonchev–Trinajstić information content (AvgIpc) is 2.13. The van der Waals surface area contributed by atoms with Crippen LogP contribution in [0.3, 0.4) is 0 Å². The molecule has 0 aromatic carbocycles. The van der Waals surface area contributed by atoms with Crippen molar-refractivity contribution in [2.45, 2.75) is 19.9 Å². The third kappa shape index (κ3) is 2.92. The lowest BCUT2D eigenvalue weighted by molar-refractivity contribution is -0.144. The van der Waals surface area contributed by atoms with Crippen LogP contribution < -0.4 is 0 Å². The highest BCUT2D eigenvalue weighted by molar-refractivity contribution is 5.79. The number of hydrogen-bond acceptors (Lipinski definition) is 3. The van der Waals surface area contributed by atoms with Crippen molar-refractivity contribution in [2.75, 3.05) is 26.7 Å². The molecule has 1 amide bonds. The Kier molecular flexibility index (Phi) is 3.68. The van der Waals surface area contributed by atoms with E-state index in [9.17, 15) is 9.59 Å².